The van der Waals surface area contributed by atoms with E-state index in [0.717, 1.165) is 19.3 Å². The zero-order valence-electron chi connectivity index (χ0n) is 8.98. The van der Waals surface area contributed by atoms with Gasteiger partial charge in [-0.1, -0.05) is 19.4 Å². The number of alkyl halides is 3. The Balaban J connectivity index is 3.63. The Hall–Kier alpha value is -1.04. The van der Waals surface area contributed by atoms with Crippen LogP contribution in [-0.4, -0.2) is 25.3 Å². The molecule has 3 nitrogen and oxygen atoms in total. The van der Waals surface area contributed by atoms with Gasteiger partial charge in [0.25, 0.3) is 0 Å². The molecule has 0 aliphatic heterocycles. The maximum atomic E-state index is 12.0. The molecule has 0 aliphatic rings. The molecule has 0 bridgehead atoms. The summed E-state index contributed by atoms with van der Waals surface area (Å²) in [6.07, 6.45) is -1.64. The molecule has 94 valence electrons. The summed E-state index contributed by atoms with van der Waals surface area (Å²) in [5.41, 5.74) is 3.79. The van der Waals surface area contributed by atoms with E-state index >= 15 is 0 Å². The molecule has 0 fully saturated rings. The van der Waals surface area contributed by atoms with Gasteiger partial charge in [-0.05, 0) is 19.4 Å². The van der Waals surface area contributed by atoms with Crippen molar-refractivity contribution in [1.82, 2.24) is 0 Å². The molecule has 0 spiro atoms. The van der Waals surface area contributed by atoms with Crippen LogP contribution in [0.15, 0.2) is 12.2 Å². The van der Waals surface area contributed by atoms with Crippen molar-refractivity contribution in [1.29, 1.82) is 0 Å². The number of carbonyl (C=O) groups excluding carboxylic acids is 1. The van der Waals surface area contributed by atoms with Gasteiger partial charge in [-0.25, -0.2) is 4.79 Å². The molecule has 0 radical (unpaired) electrons. The van der Waals surface area contributed by atoms with Crippen LogP contribution in [0.2, 0.25) is 0 Å². The van der Waals surface area contributed by atoms with E-state index in [9.17, 15) is 18.0 Å². The minimum atomic E-state index is -4.71. The van der Waals surface area contributed by atoms with E-state index in [-0.39, 0.29) is 6.61 Å². The number of hydrogen-bond donors (Lipinski definition) is 1. The van der Waals surface area contributed by atoms with Crippen molar-refractivity contribution in [3.63, 3.8) is 0 Å². The summed E-state index contributed by atoms with van der Waals surface area (Å²) in [5.74, 6) is -1.40. The van der Waals surface area contributed by atoms with Gasteiger partial charge in [-0.15, -0.1) is 0 Å². The highest BCUT2D eigenvalue weighted by molar-refractivity contribution is 5.89. The highest BCUT2D eigenvalue weighted by Gasteiger charge is 2.37. The molecule has 16 heavy (non-hydrogen) atoms. The van der Waals surface area contributed by atoms with Crippen LogP contribution in [0, 0.1) is 0 Å². The van der Waals surface area contributed by atoms with Gasteiger partial charge in [0.15, 0.2) is 0 Å². The van der Waals surface area contributed by atoms with Gasteiger partial charge in [0.05, 0.1) is 6.61 Å². The molecule has 0 heterocycles. The third-order valence-corrected chi connectivity index (χ3v) is 1.92. The number of rotatable bonds is 7. The van der Waals surface area contributed by atoms with Crippen molar-refractivity contribution < 1.29 is 22.7 Å². The Morgan fingerprint density at radius 3 is 2.25 bits per heavy atom. The lowest BCUT2D eigenvalue weighted by Crippen LogP contribution is -2.21. The Morgan fingerprint density at radius 2 is 1.75 bits per heavy atom. The third-order valence-electron chi connectivity index (χ3n) is 1.92. The van der Waals surface area contributed by atoms with Crippen LogP contribution in [0.5, 0.6) is 0 Å². The van der Waals surface area contributed by atoms with E-state index in [1.165, 1.54) is 0 Å². The molecule has 0 unspecified atom stereocenters. The SMILES string of the molecule is C=C(C(=O)OCCCCCCN)C(F)(F)F. The van der Waals surface area contributed by atoms with Crippen LogP contribution in [0.3, 0.4) is 0 Å². The normalized spacial score (nSPS) is 11.2. The number of halogens is 3. The fourth-order valence-electron chi connectivity index (χ4n) is 0.968. The molecular weight excluding hydrogens is 223 g/mol. The zero-order valence-corrected chi connectivity index (χ0v) is 8.98. The monoisotopic (exact) mass is 239 g/mol. The molecule has 6 heteroatoms. The largest absolute Gasteiger partial charge is 0.462 e. The van der Waals surface area contributed by atoms with Gasteiger partial charge in [0, 0.05) is 0 Å². The average molecular weight is 239 g/mol. The van der Waals surface area contributed by atoms with Crippen molar-refractivity contribution in [2.75, 3.05) is 13.2 Å². The molecule has 0 aromatic heterocycles. The van der Waals surface area contributed by atoms with E-state index in [4.69, 9.17) is 5.73 Å². The summed E-state index contributed by atoms with van der Waals surface area (Å²) in [7, 11) is 0. The smallest absolute Gasteiger partial charge is 0.422 e. The first-order valence-corrected chi connectivity index (χ1v) is 5.03. The lowest BCUT2D eigenvalue weighted by molar-refractivity contribution is -0.150. The topological polar surface area (TPSA) is 52.3 Å². The van der Waals surface area contributed by atoms with Crippen LogP contribution in [-0.2, 0) is 9.53 Å². The Bertz CT molecular complexity index is 239. The van der Waals surface area contributed by atoms with Gasteiger partial charge >= 0.3 is 12.1 Å². The zero-order chi connectivity index (χ0) is 12.6. The summed E-state index contributed by atoms with van der Waals surface area (Å²) in [6, 6.07) is 0. The predicted octanol–water partition coefficient (Wildman–Crippen LogP) is 2.17. The summed E-state index contributed by atoms with van der Waals surface area (Å²) >= 11 is 0. The Labute approximate surface area is 92.4 Å². The van der Waals surface area contributed by atoms with Crippen LogP contribution < -0.4 is 5.73 Å². The van der Waals surface area contributed by atoms with Crippen LogP contribution in [0.25, 0.3) is 0 Å². The second-order valence-corrected chi connectivity index (χ2v) is 3.32. The van der Waals surface area contributed by atoms with E-state index in [2.05, 4.69) is 11.3 Å². The lowest BCUT2D eigenvalue weighted by Gasteiger charge is -2.09. The van der Waals surface area contributed by atoms with Crippen LogP contribution >= 0.6 is 0 Å². The minimum Gasteiger partial charge on any atom is -0.462 e. The molecule has 0 aliphatic carbocycles. The second kappa shape index (κ2) is 7.27. The fraction of sp³-hybridized carbons (Fsp3) is 0.700. The van der Waals surface area contributed by atoms with Gasteiger partial charge in [0.1, 0.15) is 5.57 Å². The summed E-state index contributed by atoms with van der Waals surface area (Å²) in [4.78, 5) is 10.8. The standard InChI is InChI=1S/C10H16F3NO2/c1-8(10(11,12)13)9(15)16-7-5-3-2-4-6-14/h1-7,14H2. The highest BCUT2D eigenvalue weighted by Crippen LogP contribution is 2.24. The number of esters is 1. The quantitative estimate of drug-likeness (QED) is 0.421. The van der Waals surface area contributed by atoms with Crippen LogP contribution in [0.1, 0.15) is 25.7 Å². The van der Waals surface area contributed by atoms with Crippen LogP contribution in [0.4, 0.5) is 13.2 Å². The average Bonchev–Trinajstić information content (AvgIpc) is 2.20. The first-order chi connectivity index (χ1) is 7.39. The Kier molecular flexibility index (Phi) is 6.80. The minimum absolute atomic E-state index is 0.0154. The maximum Gasteiger partial charge on any atom is 0.422 e. The third kappa shape index (κ3) is 6.44. The number of nitrogens with two attached hydrogens (primary N) is 1. The summed E-state index contributed by atoms with van der Waals surface area (Å²) in [5, 5.41) is 0. The molecular formula is C10H16F3NO2. The predicted molar refractivity (Wildman–Crippen MR) is 53.7 cm³/mol. The van der Waals surface area contributed by atoms with E-state index in [1.54, 1.807) is 0 Å². The number of hydrogen-bond acceptors (Lipinski definition) is 3. The first-order valence-electron chi connectivity index (χ1n) is 5.03. The van der Waals surface area contributed by atoms with Crippen molar-refractivity contribution in [3.05, 3.63) is 12.2 Å². The van der Waals surface area contributed by atoms with Crippen molar-refractivity contribution in [2.24, 2.45) is 5.73 Å². The molecule has 0 atom stereocenters. The van der Waals surface area contributed by atoms with E-state index in [1.807, 2.05) is 0 Å². The lowest BCUT2D eigenvalue weighted by atomic mass is 10.2. The van der Waals surface area contributed by atoms with Gasteiger partial charge in [-0.2, -0.15) is 13.2 Å². The van der Waals surface area contributed by atoms with Gasteiger partial charge in [-0.3, -0.25) is 0 Å². The molecule has 0 amide bonds. The van der Waals surface area contributed by atoms with Gasteiger partial charge < -0.3 is 10.5 Å². The van der Waals surface area contributed by atoms with E-state index in [0.29, 0.717) is 13.0 Å². The fourth-order valence-corrected chi connectivity index (χ4v) is 0.968. The molecule has 0 saturated carbocycles. The Morgan fingerprint density at radius 1 is 1.19 bits per heavy atom. The van der Waals surface area contributed by atoms with Crippen molar-refractivity contribution in [3.8, 4) is 0 Å². The van der Waals surface area contributed by atoms with Crippen molar-refractivity contribution in [2.45, 2.75) is 31.9 Å². The second-order valence-electron chi connectivity index (χ2n) is 3.32. The molecule has 0 saturated heterocycles. The maximum absolute atomic E-state index is 12.0. The molecule has 2 N–H and O–H groups in total. The number of unbranched alkanes of at least 4 members (excludes halogenated alkanes) is 3. The molecule has 0 aromatic rings. The summed E-state index contributed by atoms with van der Waals surface area (Å²) in [6.45, 7) is 3.21. The molecule has 0 aromatic carbocycles. The number of carbonyl (C=O) groups is 1. The molecule has 0 rings (SSSR count). The number of ether oxygens (including phenoxy) is 1. The summed E-state index contributed by atoms with van der Waals surface area (Å²) < 4.78 is 40.3. The van der Waals surface area contributed by atoms with Crippen molar-refractivity contribution >= 4 is 5.97 Å². The van der Waals surface area contributed by atoms with E-state index < -0.39 is 17.7 Å². The first kappa shape index (κ1) is 15.0. The van der Waals surface area contributed by atoms with Gasteiger partial charge in [0.2, 0.25) is 0 Å². The highest BCUT2D eigenvalue weighted by atomic mass is 19.4.